The average molecular weight is 280 g/mol. The summed E-state index contributed by atoms with van der Waals surface area (Å²) in [6.45, 7) is 13.2. The van der Waals surface area contributed by atoms with Gasteiger partial charge >= 0.3 is 0 Å². The summed E-state index contributed by atoms with van der Waals surface area (Å²) < 4.78 is 5.73. The van der Waals surface area contributed by atoms with Crippen LogP contribution in [0.1, 0.15) is 47.4 Å². The Morgan fingerprint density at radius 1 is 1.05 bits per heavy atom. The number of nitrogen functional groups attached to an aromatic ring is 1. The molecule has 114 valence electrons. The Labute approximate surface area is 122 Å². The zero-order chi connectivity index (χ0) is 15.3. The molecule has 3 N–H and O–H groups in total. The zero-order valence-electron chi connectivity index (χ0n) is 13.5. The van der Waals surface area contributed by atoms with Gasteiger partial charge in [-0.25, -0.2) is 4.98 Å². The topological polar surface area (TPSA) is 73.1 Å². The van der Waals surface area contributed by atoms with Crippen LogP contribution in [-0.4, -0.2) is 22.6 Å². The Kier molecular flexibility index (Phi) is 6.05. The fourth-order valence-corrected chi connectivity index (χ4v) is 1.69. The molecule has 1 rings (SSSR count). The highest BCUT2D eigenvalue weighted by atomic mass is 16.5. The Morgan fingerprint density at radius 3 is 2.20 bits per heavy atom. The first-order valence-electron chi connectivity index (χ1n) is 7.35. The van der Waals surface area contributed by atoms with Gasteiger partial charge in [0.1, 0.15) is 11.5 Å². The van der Waals surface area contributed by atoms with E-state index in [0.717, 1.165) is 12.2 Å². The molecule has 0 aliphatic carbocycles. The van der Waals surface area contributed by atoms with Gasteiger partial charge in [-0.15, -0.1) is 0 Å². The lowest BCUT2D eigenvalue weighted by molar-refractivity contribution is 0.261. The number of aromatic nitrogens is 2. The maximum absolute atomic E-state index is 6.11. The maximum atomic E-state index is 6.11. The molecule has 0 atom stereocenters. The molecule has 1 aromatic rings. The quantitative estimate of drug-likeness (QED) is 0.803. The molecule has 0 unspecified atom stereocenters. The molecule has 5 nitrogen and oxygen atoms in total. The third-order valence-electron chi connectivity index (χ3n) is 2.53. The van der Waals surface area contributed by atoms with Crippen molar-refractivity contribution in [3.8, 4) is 5.88 Å². The number of nitrogens with two attached hydrogens (primary N) is 1. The van der Waals surface area contributed by atoms with Crippen LogP contribution in [0.15, 0.2) is 0 Å². The Balaban J connectivity index is 3.05. The van der Waals surface area contributed by atoms with E-state index in [-0.39, 0.29) is 6.04 Å². The predicted octanol–water partition coefficient (Wildman–Crippen LogP) is 3.11. The molecule has 0 bridgehead atoms. The lowest BCUT2D eigenvalue weighted by Crippen LogP contribution is -2.17. The molecule has 1 heterocycles. The number of rotatable bonds is 7. The van der Waals surface area contributed by atoms with Gasteiger partial charge in [0.2, 0.25) is 5.88 Å². The molecule has 0 aromatic carbocycles. The number of hydrogen-bond acceptors (Lipinski definition) is 5. The van der Waals surface area contributed by atoms with Crippen LogP contribution in [0.2, 0.25) is 0 Å². The third-order valence-corrected chi connectivity index (χ3v) is 2.53. The van der Waals surface area contributed by atoms with Crippen molar-refractivity contribution >= 4 is 11.5 Å². The van der Waals surface area contributed by atoms with Gasteiger partial charge in [-0.05, 0) is 25.7 Å². The summed E-state index contributed by atoms with van der Waals surface area (Å²) in [4.78, 5) is 8.97. The second-order valence-electron chi connectivity index (χ2n) is 6.31. The molecule has 0 aliphatic rings. The molecule has 0 saturated carbocycles. The Bertz CT molecular complexity index is 430. The SMILES string of the molecule is CC(C)COc1nc(CC(C)C)nc(NC(C)C)c1N. The van der Waals surface area contributed by atoms with Crippen LogP contribution < -0.4 is 15.8 Å². The smallest absolute Gasteiger partial charge is 0.242 e. The number of nitrogens with zero attached hydrogens (tertiary/aromatic N) is 2. The molecule has 0 saturated heterocycles. The van der Waals surface area contributed by atoms with Gasteiger partial charge in [0.15, 0.2) is 5.82 Å². The molecule has 1 aromatic heterocycles. The second-order valence-corrected chi connectivity index (χ2v) is 6.31. The number of anilines is 2. The summed E-state index contributed by atoms with van der Waals surface area (Å²) >= 11 is 0. The number of hydrogen-bond donors (Lipinski definition) is 2. The zero-order valence-corrected chi connectivity index (χ0v) is 13.5. The van der Waals surface area contributed by atoms with E-state index in [1.807, 2.05) is 0 Å². The first-order valence-corrected chi connectivity index (χ1v) is 7.35. The molecule has 5 heteroatoms. The van der Waals surface area contributed by atoms with Crippen LogP contribution in [-0.2, 0) is 6.42 Å². The van der Waals surface area contributed by atoms with E-state index in [1.54, 1.807) is 0 Å². The van der Waals surface area contributed by atoms with Gasteiger partial charge in [-0.1, -0.05) is 27.7 Å². The molecule has 0 amide bonds. The van der Waals surface area contributed by atoms with E-state index in [1.165, 1.54) is 0 Å². The summed E-state index contributed by atoms with van der Waals surface area (Å²) in [7, 11) is 0. The van der Waals surface area contributed by atoms with Crippen LogP contribution in [0, 0.1) is 11.8 Å². The molecule has 0 radical (unpaired) electrons. The summed E-state index contributed by atoms with van der Waals surface area (Å²) in [6, 6.07) is 0.261. The number of nitrogens with one attached hydrogen (secondary N) is 1. The largest absolute Gasteiger partial charge is 0.476 e. The van der Waals surface area contributed by atoms with E-state index < -0.39 is 0 Å². The summed E-state index contributed by atoms with van der Waals surface area (Å²) in [5, 5.41) is 3.26. The Hall–Kier alpha value is -1.52. The minimum Gasteiger partial charge on any atom is -0.476 e. The van der Waals surface area contributed by atoms with Crippen molar-refractivity contribution < 1.29 is 4.74 Å². The lowest BCUT2D eigenvalue weighted by Gasteiger charge is -2.17. The molecule has 0 aliphatic heterocycles. The fraction of sp³-hybridized carbons (Fsp3) is 0.733. The van der Waals surface area contributed by atoms with Gasteiger partial charge in [0, 0.05) is 12.5 Å². The number of ether oxygens (including phenoxy) is 1. The lowest BCUT2D eigenvalue weighted by atomic mass is 10.1. The van der Waals surface area contributed by atoms with Gasteiger partial charge in [-0.2, -0.15) is 4.98 Å². The molecule has 0 fully saturated rings. The average Bonchev–Trinajstić information content (AvgIpc) is 2.29. The minimum absolute atomic E-state index is 0.261. The first kappa shape index (κ1) is 16.5. The maximum Gasteiger partial charge on any atom is 0.242 e. The Morgan fingerprint density at radius 2 is 1.70 bits per heavy atom. The van der Waals surface area contributed by atoms with E-state index in [9.17, 15) is 0 Å². The van der Waals surface area contributed by atoms with Crippen LogP contribution in [0.5, 0.6) is 5.88 Å². The van der Waals surface area contributed by atoms with Crippen molar-refractivity contribution in [1.29, 1.82) is 0 Å². The van der Waals surface area contributed by atoms with Gasteiger partial charge < -0.3 is 15.8 Å². The van der Waals surface area contributed by atoms with Crippen LogP contribution in [0.4, 0.5) is 11.5 Å². The summed E-state index contributed by atoms with van der Waals surface area (Å²) in [5.41, 5.74) is 6.60. The summed E-state index contributed by atoms with van der Waals surface area (Å²) in [5.74, 6) is 2.86. The molecule has 0 spiro atoms. The summed E-state index contributed by atoms with van der Waals surface area (Å²) in [6.07, 6.45) is 0.811. The standard InChI is InChI=1S/C15H28N4O/c1-9(2)7-12-18-14(17-11(5)6)13(16)15(19-12)20-8-10(3)4/h9-11H,7-8,16H2,1-6H3,(H,17,18,19). The van der Waals surface area contributed by atoms with Crippen LogP contribution >= 0.6 is 0 Å². The molecular formula is C15H28N4O. The highest BCUT2D eigenvalue weighted by Crippen LogP contribution is 2.27. The van der Waals surface area contributed by atoms with Gasteiger partial charge in [0.25, 0.3) is 0 Å². The van der Waals surface area contributed by atoms with Crippen molar-refractivity contribution in [3.05, 3.63) is 5.82 Å². The minimum atomic E-state index is 0.261. The highest BCUT2D eigenvalue weighted by Gasteiger charge is 2.15. The predicted molar refractivity (Wildman–Crippen MR) is 84.1 cm³/mol. The van der Waals surface area contributed by atoms with E-state index in [4.69, 9.17) is 10.5 Å². The van der Waals surface area contributed by atoms with Crippen molar-refractivity contribution in [2.24, 2.45) is 11.8 Å². The van der Waals surface area contributed by atoms with Crippen LogP contribution in [0.3, 0.4) is 0 Å². The van der Waals surface area contributed by atoms with Crippen molar-refractivity contribution in [2.45, 2.75) is 54.0 Å². The van der Waals surface area contributed by atoms with Gasteiger partial charge in [-0.3, -0.25) is 0 Å². The van der Waals surface area contributed by atoms with Crippen molar-refractivity contribution in [2.75, 3.05) is 17.7 Å². The van der Waals surface area contributed by atoms with E-state index in [0.29, 0.717) is 35.8 Å². The van der Waals surface area contributed by atoms with Crippen molar-refractivity contribution in [3.63, 3.8) is 0 Å². The molecular weight excluding hydrogens is 252 g/mol. The molecule has 20 heavy (non-hydrogen) atoms. The van der Waals surface area contributed by atoms with Gasteiger partial charge in [0.05, 0.1) is 6.61 Å². The fourth-order valence-electron chi connectivity index (χ4n) is 1.69. The normalized spacial score (nSPS) is 11.4. The third kappa shape index (κ3) is 5.23. The van der Waals surface area contributed by atoms with E-state index >= 15 is 0 Å². The first-order chi connectivity index (χ1) is 9.29. The highest BCUT2D eigenvalue weighted by molar-refractivity contribution is 5.67. The van der Waals surface area contributed by atoms with Crippen molar-refractivity contribution in [1.82, 2.24) is 9.97 Å². The second kappa shape index (κ2) is 7.31. The monoisotopic (exact) mass is 280 g/mol. The van der Waals surface area contributed by atoms with E-state index in [2.05, 4.69) is 56.8 Å². The van der Waals surface area contributed by atoms with Crippen LogP contribution in [0.25, 0.3) is 0 Å².